The van der Waals surface area contributed by atoms with Crippen molar-refractivity contribution >= 4 is 21.5 Å². The number of nitrogens with zero attached hydrogens (tertiary/aromatic N) is 2. The first-order chi connectivity index (χ1) is 17.9. The average molecular weight is 473 g/mol. The Morgan fingerprint density at radius 2 is 0.806 bits per heavy atom. The molecule has 2 heterocycles. The fourth-order valence-electron chi connectivity index (χ4n) is 5.38. The Morgan fingerprint density at radius 1 is 0.389 bits per heavy atom. The van der Waals surface area contributed by atoms with Gasteiger partial charge < -0.3 is 0 Å². The number of aryl methyl sites for hydroxylation is 4. The molecule has 5 aromatic rings. The van der Waals surface area contributed by atoms with Gasteiger partial charge >= 0.3 is 0 Å². The monoisotopic (exact) mass is 472 g/mol. The first-order valence-electron chi connectivity index (χ1n) is 13.6. The van der Waals surface area contributed by atoms with E-state index in [0.717, 1.165) is 12.8 Å². The van der Waals surface area contributed by atoms with Crippen LogP contribution < -0.4 is 0 Å². The minimum atomic E-state index is 1.06. The van der Waals surface area contributed by atoms with E-state index < -0.39 is 0 Å². The molecule has 0 unspecified atom stereocenters. The molecule has 182 valence electrons. The third-order valence-electron chi connectivity index (χ3n) is 7.35. The van der Waals surface area contributed by atoms with E-state index in [4.69, 9.17) is 0 Å². The van der Waals surface area contributed by atoms with Gasteiger partial charge in [-0.05, 0) is 85.4 Å². The molecular weight excluding hydrogens is 436 g/mol. The standard InChI is InChI=1S/C34H36N2/c1(5-21-33-31-19-11-9-17-29(31)23-25-35-33)3-13-27-15-7-8-16-28(27)14-4-2-6-22-34-32-20-12-10-18-30(32)24-26-36-34/h7-12,15-20,23-26H,1-6,13-14,21-22H2. The van der Waals surface area contributed by atoms with Gasteiger partial charge in [0.1, 0.15) is 0 Å². The van der Waals surface area contributed by atoms with Crippen molar-refractivity contribution in [2.24, 2.45) is 0 Å². The van der Waals surface area contributed by atoms with Crippen molar-refractivity contribution in [3.63, 3.8) is 0 Å². The van der Waals surface area contributed by atoms with Gasteiger partial charge in [0.05, 0.1) is 0 Å². The predicted octanol–water partition coefficient (Wildman–Crippen LogP) is 8.69. The van der Waals surface area contributed by atoms with Gasteiger partial charge in [-0.25, -0.2) is 0 Å². The second-order valence-electron chi connectivity index (χ2n) is 9.85. The van der Waals surface area contributed by atoms with Gasteiger partial charge in [-0.2, -0.15) is 0 Å². The number of hydrogen-bond donors (Lipinski definition) is 0. The average Bonchev–Trinajstić information content (AvgIpc) is 2.93. The van der Waals surface area contributed by atoms with E-state index in [1.807, 2.05) is 12.4 Å². The predicted molar refractivity (Wildman–Crippen MR) is 152 cm³/mol. The summed E-state index contributed by atoms with van der Waals surface area (Å²) < 4.78 is 0. The number of rotatable bonds is 12. The zero-order valence-corrected chi connectivity index (χ0v) is 21.2. The first-order valence-corrected chi connectivity index (χ1v) is 13.6. The Hall–Kier alpha value is -3.52. The fraction of sp³-hybridized carbons (Fsp3) is 0.294. The van der Waals surface area contributed by atoms with Crippen LogP contribution in [-0.2, 0) is 25.7 Å². The number of hydrogen-bond acceptors (Lipinski definition) is 2. The van der Waals surface area contributed by atoms with E-state index in [1.54, 1.807) is 0 Å². The molecule has 0 saturated carbocycles. The number of unbranched alkanes of at least 4 members (excludes halogenated alkanes) is 4. The van der Waals surface area contributed by atoms with E-state index in [1.165, 1.54) is 95.4 Å². The van der Waals surface area contributed by atoms with Gasteiger partial charge in [0, 0.05) is 34.6 Å². The van der Waals surface area contributed by atoms with Crippen LogP contribution in [0.15, 0.2) is 97.3 Å². The van der Waals surface area contributed by atoms with Crippen molar-refractivity contribution in [2.45, 2.75) is 64.2 Å². The van der Waals surface area contributed by atoms with Crippen LogP contribution in [0.25, 0.3) is 21.5 Å². The van der Waals surface area contributed by atoms with Crippen molar-refractivity contribution in [3.05, 3.63) is 120 Å². The molecular formula is C34H36N2. The third kappa shape index (κ3) is 6.18. The van der Waals surface area contributed by atoms with Gasteiger partial charge in [0.25, 0.3) is 0 Å². The summed E-state index contributed by atoms with van der Waals surface area (Å²) in [6.07, 6.45) is 15.8. The van der Waals surface area contributed by atoms with Crippen molar-refractivity contribution in [2.75, 3.05) is 0 Å². The van der Waals surface area contributed by atoms with Crippen LogP contribution in [0.3, 0.4) is 0 Å². The first kappa shape index (κ1) is 24.2. The maximum absolute atomic E-state index is 4.66. The largest absolute Gasteiger partial charge is 0.261 e. The Kier molecular flexibility index (Phi) is 8.36. The minimum absolute atomic E-state index is 1.06. The normalized spacial score (nSPS) is 11.3. The van der Waals surface area contributed by atoms with Crippen molar-refractivity contribution in [1.29, 1.82) is 0 Å². The maximum atomic E-state index is 4.66. The molecule has 0 spiro atoms. The Bertz CT molecular complexity index is 1290. The zero-order valence-electron chi connectivity index (χ0n) is 21.2. The molecule has 0 bridgehead atoms. The molecule has 0 aliphatic rings. The van der Waals surface area contributed by atoms with E-state index in [-0.39, 0.29) is 0 Å². The summed E-state index contributed by atoms with van der Waals surface area (Å²) >= 11 is 0. The second-order valence-corrected chi connectivity index (χ2v) is 9.85. The fourth-order valence-corrected chi connectivity index (χ4v) is 5.38. The summed E-state index contributed by atoms with van der Waals surface area (Å²) in [6, 6.07) is 30.5. The van der Waals surface area contributed by atoms with Gasteiger partial charge in [-0.3, -0.25) is 9.97 Å². The molecule has 0 saturated heterocycles. The van der Waals surface area contributed by atoms with Crippen LogP contribution in [0.2, 0.25) is 0 Å². The number of benzene rings is 3. The minimum Gasteiger partial charge on any atom is -0.261 e. The number of aromatic nitrogens is 2. The molecule has 2 nitrogen and oxygen atoms in total. The number of pyridine rings is 2. The Morgan fingerprint density at radius 3 is 1.31 bits per heavy atom. The van der Waals surface area contributed by atoms with Crippen molar-refractivity contribution < 1.29 is 0 Å². The van der Waals surface area contributed by atoms with E-state index >= 15 is 0 Å². The lowest BCUT2D eigenvalue weighted by Gasteiger charge is -2.10. The van der Waals surface area contributed by atoms with Crippen molar-refractivity contribution in [1.82, 2.24) is 9.97 Å². The summed E-state index contributed by atoms with van der Waals surface area (Å²) in [5, 5.41) is 5.21. The molecule has 3 aromatic carbocycles. The molecule has 0 amide bonds. The van der Waals surface area contributed by atoms with Gasteiger partial charge in [0.15, 0.2) is 0 Å². The lowest BCUT2D eigenvalue weighted by atomic mass is 9.96. The van der Waals surface area contributed by atoms with Gasteiger partial charge in [-0.15, -0.1) is 0 Å². The summed E-state index contributed by atoms with van der Waals surface area (Å²) in [6.45, 7) is 0. The molecule has 0 fully saturated rings. The van der Waals surface area contributed by atoms with Crippen LogP contribution in [0.1, 0.15) is 61.0 Å². The topological polar surface area (TPSA) is 25.8 Å². The molecule has 0 radical (unpaired) electrons. The number of fused-ring (bicyclic) bond motifs is 2. The molecule has 0 N–H and O–H groups in total. The lowest BCUT2D eigenvalue weighted by Crippen LogP contribution is -1.97. The molecule has 2 heteroatoms. The summed E-state index contributed by atoms with van der Waals surface area (Å²) in [5.41, 5.74) is 5.56. The highest BCUT2D eigenvalue weighted by atomic mass is 14.7. The third-order valence-corrected chi connectivity index (χ3v) is 7.35. The maximum Gasteiger partial charge on any atom is 0.0481 e. The highest BCUT2D eigenvalue weighted by Gasteiger charge is 2.06. The molecule has 0 aliphatic carbocycles. The summed E-state index contributed by atoms with van der Waals surface area (Å²) in [7, 11) is 0. The van der Waals surface area contributed by atoms with E-state index in [2.05, 4.69) is 94.9 Å². The van der Waals surface area contributed by atoms with Crippen molar-refractivity contribution in [3.8, 4) is 0 Å². The molecule has 0 atom stereocenters. The summed E-state index contributed by atoms with van der Waals surface area (Å²) in [5.74, 6) is 0. The van der Waals surface area contributed by atoms with E-state index in [0.29, 0.717) is 0 Å². The second kappa shape index (κ2) is 12.4. The van der Waals surface area contributed by atoms with Crippen LogP contribution in [0, 0.1) is 0 Å². The van der Waals surface area contributed by atoms with Gasteiger partial charge in [-0.1, -0.05) is 85.6 Å². The highest BCUT2D eigenvalue weighted by Crippen LogP contribution is 2.21. The molecule has 0 aliphatic heterocycles. The highest BCUT2D eigenvalue weighted by molar-refractivity contribution is 5.84. The SMILES string of the molecule is c1ccc(CCCCCc2nccc3ccccc23)c(CCCCCc2nccc3ccccc23)c1. The van der Waals surface area contributed by atoms with Crippen LogP contribution in [0.4, 0.5) is 0 Å². The Labute approximate surface area is 215 Å². The zero-order chi connectivity index (χ0) is 24.4. The molecule has 2 aromatic heterocycles. The van der Waals surface area contributed by atoms with Crippen LogP contribution in [-0.4, -0.2) is 9.97 Å². The smallest absolute Gasteiger partial charge is 0.0481 e. The molecule has 5 rings (SSSR count). The molecule has 36 heavy (non-hydrogen) atoms. The van der Waals surface area contributed by atoms with Crippen LogP contribution >= 0.6 is 0 Å². The summed E-state index contributed by atoms with van der Waals surface area (Å²) in [4.78, 5) is 9.31. The lowest BCUT2D eigenvalue weighted by molar-refractivity contribution is 0.656. The van der Waals surface area contributed by atoms with Crippen LogP contribution in [0.5, 0.6) is 0 Å². The Balaban J connectivity index is 1.05. The van der Waals surface area contributed by atoms with Gasteiger partial charge in [0.2, 0.25) is 0 Å². The van der Waals surface area contributed by atoms with E-state index in [9.17, 15) is 0 Å². The quantitative estimate of drug-likeness (QED) is 0.170.